The molecular weight excluding hydrogens is 200 g/mol. The summed E-state index contributed by atoms with van der Waals surface area (Å²) < 4.78 is 5.63. The number of benzene rings is 1. The van der Waals surface area contributed by atoms with E-state index in [1.54, 1.807) is 0 Å². The van der Waals surface area contributed by atoms with Gasteiger partial charge in [0.25, 0.3) is 0 Å². The first-order chi connectivity index (χ1) is 7.75. The molecule has 1 aromatic rings. The van der Waals surface area contributed by atoms with Crippen LogP contribution in [-0.4, -0.2) is 30.7 Å². The Balaban J connectivity index is 2.00. The van der Waals surface area contributed by atoms with Crippen molar-refractivity contribution in [3.63, 3.8) is 0 Å². The Morgan fingerprint density at radius 3 is 3.06 bits per heavy atom. The van der Waals surface area contributed by atoms with Crippen LogP contribution in [0.2, 0.25) is 0 Å². The molecule has 0 spiro atoms. The maximum Gasteiger partial charge on any atom is 0.0674 e. The number of ether oxygens (including phenoxy) is 1. The second-order valence-corrected chi connectivity index (χ2v) is 4.47. The van der Waals surface area contributed by atoms with E-state index in [0.717, 1.165) is 38.3 Å². The lowest BCUT2D eigenvalue weighted by Crippen LogP contribution is -2.30. The van der Waals surface area contributed by atoms with Crippen LogP contribution in [0.15, 0.2) is 24.3 Å². The first-order valence-corrected chi connectivity index (χ1v) is 5.93. The van der Waals surface area contributed by atoms with Gasteiger partial charge >= 0.3 is 0 Å². The van der Waals surface area contributed by atoms with E-state index in [-0.39, 0.29) is 0 Å². The molecule has 2 rings (SSSR count). The van der Waals surface area contributed by atoms with Crippen LogP contribution in [0.3, 0.4) is 0 Å². The molecule has 3 heteroatoms. The molecule has 88 valence electrons. The van der Waals surface area contributed by atoms with E-state index < -0.39 is 0 Å². The molecule has 0 aromatic heterocycles. The topological polar surface area (TPSA) is 38.5 Å². The fraction of sp³-hybridized carbons (Fsp3) is 0.538. The second-order valence-electron chi connectivity index (χ2n) is 4.47. The summed E-state index contributed by atoms with van der Waals surface area (Å²) in [6.07, 6.45) is 1.43. The molecule has 1 unspecified atom stereocenters. The van der Waals surface area contributed by atoms with Crippen LogP contribution in [0, 0.1) is 0 Å². The van der Waals surface area contributed by atoms with Crippen molar-refractivity contribution >= 4 is 5.69 Å². The normalized spacial score (nSPS) is 22.9. The number of anilines is 1. The highest BCUT2D eigenvalue weighted by atomic mass is 16.5. The Bertz CT molecular complexity index is 340. The van der Waals surface area contributed by atoms with Gasteiger partial charge in [-0.15, -0.1) is 0 Å². The Morgan fingerprint density at radius 1 is 1.44 bits per heavy atom. The van der Waals surface area contributed by atoms with Gasteiger partial charge in [-0.1, -0.05) is 18.2 Å². The quantitative estimate of drug-likeness (QED) is 0.773. The average molecular weight is 220 g/mol. The van der Waals surface area contributed by atoms with Crippen molar-refractivity contribution in [2.24, 2.45) is 0 Å². The van der Waals surface area contributed by atoms with Crippen molar-refractivity contribution < 1.29 is 4.74 Å². The number of nitrogens with two attached hydrogens (primary N) is 1. The lowest BCUT2D eigenvalue weighted by molar-refractivity contribution is 0.0668. The minimum Gasteiger partial charge on any atom is -0.398 e. The molecule has 2 N–H and O–H groups in total. The van der Waals surface area contributed by atoms with E-state index in [4.69, 9.17) is 10.5 Å². The van der Waals surface area contributed by atoms with Crippen molar-refractivity contribution in [1.29, 1.82) is 0 Å². The molecule has 0 saturated carbocycles. The minimum atomic E-state index is 0.326. The minimum absolute atomic E-state index is 0.326. The van der Waals surface area contributed by atoms with Crippen LogP contribution in [0.4, 0.5) is 5.69 Å². The molecule has 0 radical (unpaired) electrons. The van der Waals surface area contributed by atoms with Gasteiger partial charge in [0, 0.05) is 31.9 Å². The van der Waals surface area contributed by atoms with E-state index in [0.29, 0.717) is 6.10 Å². The zero-order valence-corrected chi connectivity index (χ0v) is 9.86. The summed E-state index contributed by atoms with van der Waals surface area (Å²) in [7, 11) is 0. The summed E-state index contributed by atoms with van der Waals surface area (Å²) >= 11 is 0. The number of hydrogen-bond acceptors (Lipinski definition) is 3. The highest BCUT2D eigenvalue weighted by molar-refractivity contribution is 5.46. The predicted octanol–water partition coefficient (Wildman–Crippen LogP) is 1.88. The maximum atomic E-state index is 5.95. The van der Waals surface area contributed by atoms with E-state index in [2.05, 4.69) is 17.9 Å². The van der Waals surface area contributed by atoms with Crippen LogP contribution in [0.1, 0.15) is 18.9 Å². The Hall–Kier alpha value is -1.06. The SMILES string of the molecule is CC1CN(Cc2ccccc2N)CCCO1. The van der Waals surface area contributed by atoms with Gasteiger partial charge in [0.1, 0.15) is 0 Å². The van der Waals surface area contributed by atoms with Gasteiger partial charge in [0.15, 0.2) is 0 Å². The van der Waals surface area contributed by atoms with Gasteiger partial charge in [0.2, 0.25) is 0 Å². The molecule has 0 bridgehead atoms. The standard InChI is InChI=1S/C13H20N2O/c1-11-9-15(7-4-8-16-11)10-12-5-2-3-6-13(12)14/h2-3,5-6,11H,4,7-10,14H2,1H3. The van der Waals surface area contributed by atoms with Crippen LogP contribution < -0.4 is 5.73 Å². The summed E-state index contributed by atoms with van der Waals surface area (Å²) in [6.45, 7) is 6.03. The van der Waals surface area contributed by atoms with Crippen molar-refractivity contribution in [3.05, 3.63) is 29.8 Å². The average Bonchev–Trinajstić information content (AvgIpc) is 2.46. The Labute approximate surface area is 97.2 Å². The molecule has 0 amide bonds. The number of para-hydroxylation sites is 1. The summed E-state index contributed by atoms with van der Waals surface area (Å²) in [5.74, 6) is 0. The summed E-state index contributed by atoms with van der Waals surface area (Å²) in [4.78, 5) is 2.42. The van der Waals surface area contributed by atoms with Gasteiger partial charge < -0.3 is 10.5 Å². The molecule has 1 aromatic carbocycles. The molecule has 16 heavy (non-hydrogen) atoms. The number of nitrogen functional groups attached to an aromatic ring is 1. The van der Waals surface area contributed by atoms with Gasteiger partial charge in [-0.25, -0.2) is 0 Å². The highest BCUT2D eigenvalue weighted by Crippen LogP contribution is 2.15. The highest BCUT2D eigenvalue weighted by Gasteiger charge is 2.15. The van der Waals surface area contributed by atoms with Crippen molar-refractivity contribution in [3.8, 4) is 0 Å². The lowest BCUT2D eigenvalue weighted by atomic mass is 10.1. The second kappa shape index (κ2) is 5.32. The van der Waals surface area contributed by atoms with E-state index in [9.17, 15) is 0 Å². The molecule has 0 aliphatic carbocycles. The summed E-state index contributed by atoms with van der Waals surface area (Å²) in [5.41, 5.74) is 8.06. The number of hydrogen-bond donors (Lipinski definition) is 1. The lowest BCUT2D eigenvalue weighted by Gasteiger charge is -2.22. The van der Waals surface area contributed by atoms with Gasteiger partial charge in [0.05, 0.1) is 6.10 Å². The zero-order valence-electron chi connectivity index (χ0n) is 9.86. The van der Waals surface area contributed by atoms with Crippen LogP contribution in [0.5, 0.6) is 0 Å². The molecule has 1 aliphatic heterocycles. The van der Waals surface area contributed by atoms with Crippen LogP contribution in [0.25, 0.3) is 0 Å². The third-order valence-corrected chi connectivity index (χ3v) is 2.99. The van der Waals surface area contributed by atoms with E-state index in [1.807, 2.05) is 18.2 Å². The van der Waals surface area contributed by atoms with E-state index >= 15 is 0 Å². The van der Waals surface area contributed by atoms with Crippen molar-refractivity contribution in [2.45, 2.75) is 26.0 Å². The fourth-order valence-corrected chi connectivity index (χ4v) is 2.14. The van der Waals surface area contributed by atoms with Crippen LogP contribution >= 0.6 is 0 Å². The van der Waals surface area contributed by atoms with Crippen molar-refractivity contribution in [1.82, 2.24) is 4.90 Å². The Kier molecular flexibility index (Phi) is 3.80. The fourth-order valence-electron chi connectivity index (χ4n) is 2.14. The third kappa shape index (κ3) is 2.97. The smallest absolute Gasteiger partial charge is 0.0674 e. The van der Waals surface area contributed by atoms with E-state index in [1.165, 1.54) is 5.56 Å². The Morgan fingerprint density at radius 2 is 2.25 bits per heavy atom. The largest absolute Gasteiger partial charge is 0.398 e. The molecule has 1 atom stereocenters. The monoisotopic (exact) mass is 220 g/mol. The van der Waals surface area contributed by atoms with Gasteiger partial charge in [-0.05, 0) is 25.0 Å². The van der Waals surface area contributed by atoms with Crippen molar-refractivity contribution in [2.75, 3.05) is 25.4 Å². The molecular formula is C13H20N2O. The van der Waals surface area contributed by atoms with Gasteiger partial charge in [-0.2, -0.15) is 0 Å². The number of rotatable bonds is 2. The summed E-state index contributed by atoms with van der Waals surface area (Å²) in [5, 5.41) is 0. The molecule has 1 heterocycles. The zero-order chi connectivity index (χ0) is 11.4. The molecule has 1 aliphatic rings. The molecule has 1 fully saturated rings. The van der Waals surface area contributed by atoms with Gasteiger partial charge in [-0.3, -0.25) is 4.90 Å². The first-order valence-electron chi connectivity index (χ1n) is 5.93. The molecule has 3 nitrogen and oxygen atoms in total. The molecule has 1 saturated heterocycles. The summed E-state index contributed by atoms with van der Waals surface area (Å²) in [6, 6.07) is 8.09. The predicted molar refractivity (Wildman–Crippen MR) is 66.2 cm³/mol. The first kappa shape index (κ1) is 11.4. The van der Waals surface area contributed by atoms with Crippen LogP contribution in [-0.2, 0) is 11.3 Å². The maximum absolute atomic E-state index is 5.95. The third-order valence-electron chi connectivity index (χ3n) is 2.99. The number of nitrogens with zero attached hydrogens (tertiary/aromatic N) is 1.